The van der Waals surface area contributed by atoms with E-state index in [9.17, 15) is 9.90 Å². The topological polar surface area (TPSA) is 40.5 Å². The maximum atomic E-state index is 11.9. The summed E-state index contributed by atoms with van der Waals surface area (Å²) in [7, 11) is 0. The summed E-state index contributed by atoms with van der Waals surface area (Å²) in [5.41, 5.74) is 1.65. The van der Waals surface area contributed by atoms with E-state index in [-0.39, 0.29) is 11.7 Å². The molecule has 4 heteroatoms. The first-order valence-corrected chi connectivity index (χ1v) is 6.43. The molecule has 1 rings (SSSR count). The number of likely N-dealkylation sites (N-methyl/N-ethyl adjacent to an activating group) is 1. The van der Waals surface area contributed by atoms with Gasteiger partial charge in [-0.05, 0) is 44.0 Å². The fraction of sp³-hybridized carbons (Fsp3) is 0.357. The number of amides is 1. The molecule has 0 fully saturated rings. The Morgan fingerprint density at radius 1 is 1.39 bits per heavy atom. The number of phenolic OH excluding ortho intramolecular Hbond substituents is 1. The van der Waals surface area contributed by atoms with Gasteiger partial charge in [0.25, 0.3) is 0 Å². The number of carbonyl (C=O) groups is 1. The summed E-state index contributed by atoms with van der Waals surface area (Å²) in [4.78, 5) is 14.2. The van der Waals surface area contributed by atoms with Crippen LogP contribution in [0.15, 0.2) is 29.2 Å². The van der Waals surface area contributed by atoms with Crippen LogP contribution in [0.1, 0.15) is 26.3 Å². The van der Waals surface area contributed by atoms with Crippen LogP contribution < -0.4 is 0 Å². The molecule has 0 aliphatic rings. The molecule has 0 spiro atoms. The van der Waals surface area contributed by atoms with Gasteiger partial charge in [-0.3, -0.25) is 4.79 Å². The minimum absolute atomic E-state index is 0.00746. The Hall–Kier alpha value is -1.42. The minimum Gasteiger partial charge on any atom is -0.507 e. The van der Waals surface area contributed by atoms with Gasteiger partial charge >= 0.3 is 0 Å². The van der Waals surface area contributed by atoms with Gasteiger partial charge in [0.15, 0.2) is 0 Å². The smallest absolute Gasteiger partial charge is 0.246 e. The van der Waals surface area contributed by atoms with Crippen LogP contribution in [0, 0.1) is 0 Å². The fourth-order valence-electron chi connectivity index (χ4n) is 1.66. The summed E-state index contributed by atoms with van der Waals surface area (Å²) in [6.07, 6.45) is 1.60. The summed E-state index contributed by atoms with van der Waals surface area (Å²) in [6.45, 7) is 7.15. The van der Waals surface area contributed by atoms with Gasteiger partial charge in [-0.1, -0.05) is 6.07 Å². The second-order valence-electron chi connectivity index (χ2n) is 4.04. The van der Waals surface area contributed by atoms with Crippen molar-refractivity contribution in [2.45, 2.75) is 25.7 Å². The van der Waals surface area contributed by atoms with Crippen molar-refractivity contribution in [1.82, 2.24) is 4.90 Å². The van der Waals surface area contributed by atoms with E-state index >= 15 is 0 Å². The monoisotopic (exact) mass is 265 g/mol. The predicted molar refractivity (Wildman–Crippen MR) is 76.9 cm³/mol. The summed E-state index contributed by atoms with van der Waals surface area (Å²) in [5, 5.41) is 9.59. The van der Waals surface area contributed by atoms with Gasteiger partial charge in [-0.25, -0.2) is 0 Å². The van der Waals surface area contributed by atoms with E-state index in [2.05, 4.69) is 12.6 Å². The maximum absolute atomic E-state index is 11.9. The zero-order valence-electron chi connectivity index (χ0n) is 11.0. The number of thiol groups is 1. The number of phenols is 1. The summed E-state index contributed by atoms with van der Waals surface area (Å²) in [6, 6.07) is 5.17. The lowest BCUT2D eigenvalue weighted by Crippen LogP contribution is -2.28. The number of hydrogen-bond acceptors (Lipinski definition) is 3. The molecule has 0 heterocycles. The Kier molecular flexibility index (Phi) is 5.28. The molecule has 98 valence electrons. The zero-order chi connectivity index (χ0) is 13.7. The number of carbonyl (C=O) groups excluding carboxylic acids is 1. The first kappa shape index (κ1) is 14.6. The van der Waals surface area contributed by atoms with E-state index in [1.165, 1.54) is 0 Å². The Bertz CT molecular complexity index is 465. The van der Waals surface area contributed by atoms with Crippen LogP contribution in [-0.2, 0) is 4.79 Å². The molecule has 18 heavy (non-hydrogen) atoms. The van der Waals surface area contributed by atoms with Crippen LogP contribution in [0.4, 0.5) is 0 Å². The van der Waals surface area contributed by atoms with Crippen LogP contribution in [0.3, 0.4) is 0 Å². The highest BCUT2D eigenvalue weighted by molar-refractivity contribution is 7.80. The van der Waals surface area contributed by atoms with Crippen molar-refractivity contribution in [2.24, 2.45) is 0 Å². The molecule has 0 aromatic heterocycles. The highest BCUT2D eigenvalue weighted by Gasteiger charge is 2.08. The number of benzene rings is 1. The van der Waals surface area contributed by atoms with Crippen LogP contribution in [0.5, 0.6) is 5.75 Å². The molecular weight excluding hydrogens is 246 g/mol. The summed E-state index contributed by atoms with van der Waals surface area (Å²) in [5.74, 6) is 0.116. The Balaban J connectivity index is 2.95. The number of rotatable bonds is 4. The third kappa shape index (κ3) is 3.53. The second-order valence-corrected chi connectivity index (χ2v) is 4.52. The van der Waals surface area contributed by atoms with Crippen molar-refractivity contribution in [2.75, 3.05) is 13.1 Å². The van der Waals surface area contributed by atoms with Crippen LogP contribution in [0.2, 0.25) is 0 Å². The van der Waals surface area contributed by atoms with Gasteiger partial charge in [-0.2, -0.15) is 0 Å². The summed E-state index contributed by atoms with van der Waals surface area (Å²) < 4.78 is 0. The second kappa shape index (κ2) is 6.50. The highest BCUT2D eigenvalue weighted by Crippen LogP contribution is 2.25. The van der Waals surface area contributed by atoms with Gasteiger partial charge < -0.3 is 10.0 Å². The first-order chi connectivity index (χ1) is 8.49. The van der Waals surface area contributed by atoms with Gasteiger partial charge in [0, 0.05) is 24.1 Å². The summed E-state index contributed by atoms with van der Waals surface area (Å²) >= 11 is 4.10. The number of aromatic hydroxyl groups is 1. The Morgan fingerprint density at radius 3 is 2.50 bits per heavy atom. The molecule has 0 atom stereocenters. The molecule has 1 aromatic rings. The molecule has 1 amide bonds. The quantitative estimate of drug-likeness (QED) is 0.649. The lowest BCUT2D eigenvalue weighted by atomic mass is 10.1. The minimum atomic E-state index is -0.00746. The molecule has 0 bridgehead atoms. The van der Waals surface area contributed by atoms with E-state index < -0.39 is 0 Å². The van der Waals surface area contributed by atoms with Crippen molar-refractivity contribution in [3.8, 4) is 5.75 Å². The molecule has 0 saturated heterocycles. The fourth-order valence-corrected chi connectivity index (χ4v) is 1.80. The molecule has 0 aliphatic heterocycles. The average molecular weight is 265 g/mol. The van der Waals surface area contributed by atoms with E-state index in [4.69, 9.17) is 0 Å². The Morgan fingerprint density at radius 2 is 2.00 bits per heavy atom. The third-order valence-corrected chi connectivity index (χ3v) is 3.22. The van der Waals surface area contributed by atoms with Crippen LogP contribution in [-0.4, -0.2) is 29.0 Å². The normalized spacial score (nSPS) is 11.4. The third-order valence-electron chi connectivity index (χ3n) is 2.85. The van der Waals surface area contributed by atoms with Crippen molar-refractivity contribution < 1.29 is 9.90 Å². The molecule has 1 N–H and O–H groups in total. The first-order valence-electron chi connectivity index (χ1n) is 5.99. The van der Waals surface area contributed by atoms with Gasteiger partial charge in [-0.15, -0.1) is 12.6 Å². The number of hydrogen-bond donors (Lipinski definition) is 2. The van der Waals surface area contributed by atoms with E-state index in [1.54, 1.807) is 23.1 Å². The Labute approximate surface area is 114 Å². The number of allylic oxidation sites excluding steroid dienone is 1. The van der Waals surface area contributed by atoms with Crippen molar-refractivity contribution in [3.05, 3.63) is 29.8 Å². The molecule has 0 unspecified atom stereocenters. The van der Waals surface area contributed by atoms with Gasteiger partial charge in [0.1, 0.15) is 5.75 Å². The average Bonchev–Trinajstić information content (AvgIpc) is 2.34. The maximum Gasteiger partial charge on any atom is 0.246 e. The van der Waals surface area contributed by atoms with E-state index in [0.29, 0.717) is 18.0 Å². The molecule has 3 nitrogen and oxygen atoms in total. The SMILES string of the molecule is CCN(CC)C(=O)/C=C(\C)c1ccc(S)c(O)c1. The lowest BCUT2D eigenvalue weighted by Gasteiger charge is -2.16. The van der Waals surface area contributed by atoms with Crippen molar-refractivity contribution >= 4 is 24.1 Å². The van der Waals surface area contributed by atoms with Crippen molar-refractivity contribution in [3.63, 3.8) is 0 Å². The standard InChI is InChI=1S/C14H19NO2S/c1-4-15(5-2)14(17)8-10(3)11-6-7-13(18)12(16)9-11/h6-9,16,18H,4-5H2,1-3H3/b10-8+. The van der Waals surface area contributed by atoms with Crippen LogP contribution >= 0.6 is 12.6 Å². The molecular formula is C14H19NO2S. The van der Waals surface area contributed by atoms with E-state index in [0.717, 1.165) is 11.1 Å². The molecule has 0 saturated carbocycles. The zero-order valence-corrected chi connectivity index (χ0v) is 11.9. The number of nitrogens with zero attached hydrogens (tertiary/aromatic N) is 1. The molecule has 0 aliphatic carbocycles. The van der Waals surface area contributed by atoms with E-state index in [1.807, 2.05) is 26.8 Å². The predicted octanol–water partition coefficient (Wildman–Crippen LogP) is 2.95. The molecule has 0 radical (unpaired) electrons. The largest absolute Gasteiger partial charge is 0.507 e. The van der Waals surface area contributed by atoms with Gasteiger partial charge in [0.05, 0.1) is 0 Å². The van der Waals surface area contributed by atoms with Crippen molar-refractivity contribution in [1.29, 1.82) is 0 Å². The molecule has 1 aromatic carbocycles. The highest BCUT2D eigenvalue weighted by atomic mass is 32.1. The lowest BCUT2D eigenvalue weighted by molar-refractivity contribution is -0.125. The van der Waals surface area contributed by atoms with Gasteiger partial charge in [0.2, 0.25) is 5.91 Å². The van der Waals surface area contributed by atoms with Crippen LogP contribution in [0.25, 0.3) is 5.57 Å².